The summed E-state index contributed by atoms with van der Waals surface area (Å²) in [4.78, 5) is 30.3. The highest BCUT2D eigenvalue weighted by Crippen LogP contribution is 2.14. The van der Waals surface area contributed by atoms with Gasteiger partial charge in [0.15, 0.2) is 6.61 Å². The predicted octanol–water partition coefficient (Wildman–Crippen LogP) is 2.93. The van der Waals surface area contributed by atoms with Gasteiger partial charge in [-0.25, -0.2) is 10.4 Å². The Labute approximate surface area is 174 Å². The molecule has 2 amide bonds. The van der Waals surface area contributed by atoms with Gasteiger partial charge in [0.2, 0.25) is 5.91 Å². The van der Waals surface area contributed by atoms with Crippen molar-refractivity contribution < 1.29 is 14.3 Å². The number of benzene rings is 1. The van der Waals surface area contributed by atoms with E-state index in [9.17, 15) is 9.59 Å². The van der Waals surface area contributed by atoms with Crippen LogP contribution in [0, 0.1) is 6.92 Å². The number of amides is 2. The van der Waals surface area contributed by atoms with Gasteiger partial charge in [-0.2, -0.15) is 5.10 Å². The maximum absolute atomic E-state index is 12.2. The summed E-state index contributed by atoms with van der Waals surface area (Å²) in [6, 6.07) is 7.32. The molecular formula is C21H26N4O3S. The first kappa shape index (κ1) is 21.0. The molecule has 8 heteroatoms. The number of carbonyl (C=O) groups excluding carboxylic acids is 2. The van der Waals surface area contributed by atoms with Crippen LogP contribution in [0.3, 0.4) is 0 Å². The molecule has 1 aromatic carbocycles. The molecule has 0 radical (unpaired) electrons. The van der Waals surface area contributed by atoms with Crippen LogP contribution < -0.4 is 10.2 Å². The van der Waals surface area contributed by atoms with Gasteiger partial charge in [-0.05, 0) is 62.9 Å². The Kier molecular flexibility index (Phi) is 7.35. The Bertz CT molecular complexity index is 870. The van der Waals surface area contributed by atoms with Gasteiger partial charge in [-0.3, -0.25) is 9.59 Å². The number of nitrogens with one attached hydrogen (secondary N) is 1. The number of hydrogen-bond donors (Lipinski definition) is 1. The molecule has 154 valence electrons. The van der Waals surface area contributed by atoms with Crippen LogP contribution in [0.15, 0.2) is 34.7 Å². The molecule has 29 heavy (non-hydrogen) atoms. The third kappa shape index (κ3) is 6.39. The third-order valence-corrected chi connectivity index (χ3v) is 5.64. The number of hydrazone groups is 1. The molecule has 0 aliphatic carbocycles. The predicted molar refractivity (Wildman–Crippen MR) is 113 cm³/mol. The summed E-state index contributed by atoms with van der Waals surface area (Å²) in [5.74, 6) is 0.467. The highest BCUT2D eigenvalue weighted by molar-refractivity contribution is 7.09. The van der Waals surface area contributed by atoms with E-state index in [-0.39, 0.29) is 24.8 Å². The number of ether oxygens (including phenoxy) is 1. The minimum atomic E-state index is -0.199. The van der Waals surface area contributed by atoms with Gasteiger partial charge in [0.1, 0.15) is 10.8 Å². The summed E-state index contributed by atoms with van der Waals surface area (Å²) in [5.41, 5.74) is 5.03. The Hall–Kier alpha value is -2.74. The van der Waals surface area contributed by atoms with E-state index in [4.69, 9.17) is 4.74 Å². The van der Waals surface area contributed by atoms with Gasteiger partial charge in [0.05, 0.1) is 12.1 Å². The van der Waals surface area contributed by atoms with Crippen LogP contribution in [0.1, 0.15) is 42.5 Å². The van der Waals surface area contributed by atoms with Crippen molar-refractivity contribution in [1.29, 1.82) is 0 Å². The lowest BCUT2D eigenvalue weighted by Gasteiger charge is -2.26. The normalized spacial score (nSPS) is 14.6. The fourth-order valence-electron chi connectivity index (χ4n) is 3.04. The third-order valence-electron chi connectivity index (χ3n) is 4.67. The van der Waals surface area contributed by atoms with E-state index in [0.29, 0.717) is 11.5 Å². The van der Waals surface area contributed by atoms with E-state index < -0.39 is 0 Å². The average molecular weight is 415 g/mol. The van der Waals surface area contributed by atoms with Crippen molar-refractivity contribution >= 4 is 28.9 Å². The number of piperidine rings is 1. The maximum Gasteiger partial charge on any atom is 0.260 e. The SMILES string of the molecule is C/C(=N/NC(=O)Cc1nc(C)cs1)c1ccc(OCC(=O)N2CCCCC2)cc1. The Morgan fingerprint density at radius 1 is 1.21 bits per heavy atom. The Balaban J connectivity index is 1.47. The second-order valence-electron chi connectivity index (χ2n) is 7.05. The van der Waals surface area contributed by atoms with Crippen LogP contribution in [0.2, 0.25) is 0 Å². The number of nitrogens with zero attached hydrogens (tertiary/aromatic N) is 3. The largest absolute Gasteiger partial charge is 0.484 e. The number of carbonyl (C=O) groups is 2. The summed E-state index contributed by atoms with van der Waals surface area (Å²) in [6.07, 6.45) is 3.54. The van der Waals surface area contributed by atoms with Gasteiger partial charge in [-0.1, -0.05) is 0 Å². The molecule has 0 spiro atoms. The average Bonchev–Trinajstić information content (AvgIpc) is 3.15. The zero-order valence-electron chi connectivity index (χ0n) is 16.8. The number of rotatable bonds is 7. The number of hydrogen-bond acceptors (Lipinski definition) is 6. The summed E-state index contributed by atoms with van der Waals surface area (Å²) < 4.78 is 5.62. The Morgan fingerprint density at radius 3 is 2.59 bits per heavy atom. The summed E-state index contributed by atoms with van der Waals surface area (Å²) in [6.45, 7) is 5.43. The van der Waals surface area contributed by atoms with Crippen LogP contribution in [-0.2, 0) is 16.0 Å². The van der Waals surface area contributed by atoms with Crippen molar-refractivity contribution in [3.63, 3.8) is 0 Å². The minimum Gasteiger partial charge on any atom is -0.484 e. The van der Waals surface area contributed by atoms with Crippen LogP contribution in [0.25, 0.3) is 0 Å². The lowest BCUT2D eigenvalue weighted by atomic mass is 10.1. The van der Waals surface area contributed by atoms with E-state index >= 15 is 0 Å². The van der Waals surface area contributed by atoms with Crippen LogP contribution in [-0.4, -0.2) is 47.1 Å². The maximum atomic E-state index is 12.2. The van der Waals surface area contributed by atoms with Gasteiger partial charge in [-0.15, -0.1) is 11.3 Å². The van der Waals surface area contributed by atoms with E-state index in [1.807, 2.05) is 36.3 Å². The monoisotopic (exact) mass is 414 g/mol. The molecule has 2 aromatic rings. The second kappa shape index (κ2) is 10.2. The van der Waals surface area contributed by atoms with Crippen LogP contribution in [0.5, 0.6) is 5.75 Å². The van der Waals surface area contributed by atoms with Crippen molar-refractivity contribution in [3.8, 4) is 5.75 Å². The van der Waals surface area contributed by atoms with Crippen molar-refractivity contribution in [1.82, 2.24) is 15.3 Å². The molecule has 1 aliphatic heterocycles. The molecule has 1 fully saturated rings. The number of likely N-dealkylation sites (tertiary alicyclic amines) is 1. The van der Waals surface area contributed by atoms with Crippen molar-refractivity contribution in [2.75, 3.05) is 19.7 Å². The number of aromatic nitrogens is 1. The van der Waals surface area contributed by atoms with E-state index in [1.54, 1.807) is 12.1 Å². The topological polar surface area (TPSA) is 83.9 Å². The zero-order valence-corrected chi connectivity index (χ0v) is 17.6. The molecule has 0 atom stereocenters. The van der Waals surface area contributed by atoms with Crippen molar-refractivity contribution in [3.05, 3.63) is 45.9 Å². The molecule has 1 aromatic heterocycles. The quantitative estimate of drug-likeness (QED) is 0.558. The molecule has 0 unspecified atom stereocenters. The molecule has 2 heterocycles. The lowest BCUT2D eigenvalue weighted by Crippen LogP contribution is -2.38. The molecule has 1 saturated heterocycles. The van der Waals surface area contributed by atoms with Crippen LogP contribution >= 0.6 is 11.3 Å². The summed E-state index contributed by atoms with van der Waals surface area (Å²) in [5, 5.41) is 6.84. The minimum absolute atomic E-state index is 0.0321. The standard InChI is InChI=1S/C21H26N4O3S/c1-15-14-29-20(22-15)12-19(26)24-23-16(2)17-6-8-18(9-7-17)28-13-21(27)25-10-4-3-5-11-25/h6-9,14H,3-5,10-13H2,1-2H3,(H,24,26)/b23-16-. The number of thiazole rings is 1. The van der Waals surface area contributed by atoms with Crippen LogP contribution in [0.4, 0.5) is 0 Å². The number of aryl methyl sites for hydroxylation is 1. The molecule has 1 N–H and O–H groups in total. The molecule has 0 saturated carbocycles. The summed E-state index contributed by atoms with van der Waals surface area (Å²) >= 11 is 1.46. The fourth-order valence-corrected chi connectivity index (χ4v) is 3.81. The van der Waals surface area contributed by atoms with E-state index in [2.05, 4.69) is 15.5 Å². The zero-order chi connectivity index (χ0) is 20.6. The van der Waals surface area contributed by atoms with Crippen molar-refractivity contribution in [2.45, 2.75) is 39.5 Å². The first-order chi connectivity index (χ1) is 14.0. The summed E-state index contributed by atoms with van der Waals surface area (Å²) in [7, 11) is 0. The smallest absolute Gasteiger partial charge is 0.260 e. The highest BCUT2D eigenvalue weighted by atomic mass is 32.1. The molecule has 1 aliphatic rings. The van der Waals surface area contributed by atoms with Gasteiger partial charge < -0.3 is 9.64 Å². The van der Waals surface area contributed by atoms with Gasteiger partial charge in [0.25, 0.3) is 5.91 Å². The molecule has 7 nitrogen and oxygen atoms in total. The second-order valence-corrected chi connectivity index (χ2v) is 7.99. The fraction of sp³-hybridized carbons (Fsp3) is 0.429. The Morgan fingerprint density at radius 2 is 1.93 bits per heavy atom. The van der Waals surface area contributed by atoms with Crippen molar-refractivity contribution in [2.24, 2.45) is 5.10 Å². The molecule has 3 rings (SSSR count). The first-order valence-corrected chi connectivity index (χ1v) is 10.6. The molecular weight excluding hydrogens is 388 g/mol. The molecule has 0 bridgehead atoms. The highest BCUT2D eigenvalue weighted by Gasteiger charge is 2.16. The van der Waals surface area contributed by atoms with E-state index in [1.165, 1.54) is 17.8 Å². The first-order valence-electron chi connectivity index (χ1n) is 9.76. The van der Waals surface area contributed by atoms with E-state index in [0.717, 1.165) is 42.2 Å². The van der Waals surface area contributed by atoms with Gasteiger partial charge in [0, 0.05) is 24.2 Å². The lowest BCUT2D eigenvalue weighted by molar-refractivity contribution is -0.134. The van der Waals surface area contributed by atoms with Gasteiger partial charge >= 0.3 is 0 Å².